The Morgan fingerprint density at radius 1 is 1.25 bits per heavy atom. The summed E-state index contributed by atoms with van der Waals surface area (Å²) < 4.78 is 12.4. The Kier molecular flexibility index (Phi) is 6.57. The maximum atomic E-state index is 12.6. The number of aromatic nitrogens is 2. The molecule has 1 atom stereocenters. The van der Waals surface area contributed by atoms with Crippen LogP contribution in [0.4, 0.5) is 0 Å². The summed E-state index contributed by atoms with van der Waals surface area (Å²) in [6.45, 7) is 5.76. The second-order valence-electron chi connectivity index (χ2n) is 7.43. The van der Waals surface area contributed by atoms with E-state index in [4.69, 9.17) is 9.47 Å². The number of carbonyl (C=O) groups is 1. The molecule has 1 aromatic heterocycles. The van der Waals surface area contributed by atoms with E-state index in [1.807, 2.05) is 17.9 Å². The highest BCUT2D eigenvalue weighted by Crippen LogP contribution is 2.23. The van der Waals surface area contributed by atoms with E-state index in [9.17, 15) is 4.79 Å². The predicted octanol–water partition coefficient (Wildman–Crippen LogP) is 2.39. The summed E-state index contributed by atoms with van der Waals surface area (Å²) in [4.78, 5) is 15.1. The minimum Gasteiger partial charge on any atom is -0.497 e. The van der Waals surface area contributed by atoms with Crippen molar-refractivity contribution < 1.29 is 14.3 Å². The molecule has 0 saturated carbocycles. The Labute approximate surface area is 166 Å². The topological polar surface area (TPSA) is 68.6 Å². The molecule has 152 valence electrons. The molecule has 2 heterocycles. The number of hydrogen-bond acceptors (Lipinski definition) is 5. The zero-order valence-corrected chi connectivity index (χ0v) is 17.2. The van der Waals surface area contributed by atoms with Crippen LogP contribution in [0.15, 0.2) is 24.4 Å². The Balaban J connectivity index is 1.55. The van der Waals surface area contributed by atoms with Crippen LogP contribution in [0.3, 0.4) is 0 Å². The maximum absolute atomic E-state index is 12.6. The molecule has 7 heteroatoms. The quantitative estimate of drug-likeness (QED) is 0.791. The molecular formula is C21H30N4O3. The first kappa shape index (κ1) is 20.2. The first-order valence-electron chi connectivity index (χ1n) is 9.71. The number of likely N-dealkylation sites (tertiary alicyclic amines) is 1. The molecule has 0 aliphatic carbocycles. The number of benzene rings is 1. The van der Waals surface area contributed by atoms with Crippen molar-refractivity contribution in [3.63, 3.8) is 0 Å². The minimum atomic E-state index is -0.0996. The average Bonchev–Trinajstić information content (AvgIpc) is 3.03. The average molecular weight is 386 g/mol. The molecule has 1 aliphatic heterocycles. The lowest BCUT2D eigenvalue weighted by atomic mass is 9.97. The van der Waals surface area contributed by atoms with Crippen LogP contribution in [0.25, 0.3) is 0 Å². The second-order valence-corrected chi connectivity index (χ2v) is 7.43. The Bertz CT molecular complexity index is 796. The lowest BCUT2D eigenvalue weighted by Gasteiger charge is -2.32. The van der Waals surface area contributed by atoms with Gasteiger partial charge in [0.2, 0.25) is 0 Å². The van der Waals surface area contributed by atoms with E-state index in [0.29, 0.717) is 29.5 Å². The van der Waals surface area contributed by atoms with Crippen molar-refractivity contribution in [3.05, 3.63) is 41.2 Å². The van der Waals surface area contributed by atoms with Crippen LogP contribution in [0.2, 0.25) is 0 Å². The number of carbonyl (C=O) groups excluding carboxylic acids is 1. The molecule has 28 heavy (non-hydrogen) atoms. The van der Waals surface area contributed by atoms with E-state index in [-0.39, 0.29) is 5.91 Å². The van der Waals surface area contributed by atoms with Gasteiger partial charge in [0, 0.05) is 49.6 Å². The normalized spacial score (nSPS) is 17.4. The molecule has 1 aromatic carbocycles. The number of piperidine rings is 1. The molecule has 1 amide bonds. The van der Waals surface area contributed by atoms with Crippen molar-refractivity contribution in [3.8, 4) is 11.5 Å². The van der Waals surface area contributed by atoms with Crippen molar-refractivity contribution in [2.75, 3.05) is 33.9 Å². The molecule has 0 bridgehead atoms. The van der Waals surface area contributed by atoms with Gasteiger partial charge in [-0.3, -0.25) is 14.4 Å². The first-order chi connectivity index (χ1) is 13.5. The van der Waals surface area contributed by atoms with Gasteiger partial charge in [-0.15, -0.1) is 0 Å². The summed E-state index contributed by atoms with van der Waals surface area (Å²) in [6.07, 6.45) is 4.23. The maximum Gasteiger partial charge on any atom is 0.251 e. The van der Waals surface area contributed by atoms with Gasteiger partial charge in [0.05, 0.1) is 20.4 Å². The standard InChI is InChI=1S/C21H30N4O3/c1-15-18(12-23-24(15)2)14-25-7-5-6-16(13-25)11-22-21(26)17-8-19(27-3)10-20(9-17)28-4/h8-10,12,16H,5-7,11,13-14H2,1-4H3,(H,22,26). The molecule has 0 spiro atoms. The summed E-state index contributed by atoms with van der Waals surface area (Å²) >= 11 is 0. The largest absolute Gasteiger partial charge is 0.497 e. The van der Waals surface area contributed by atoms with E-state index >= 15 is 0 Å². The summed E-state index contributed by atoms with van der Waals surface area (Å²) in [7, 11) is 5.13. The van der Waals surface area contributed by atoms with Gasteiger partial charge in [-0.25, -0.2) is 0 Å². The van der Waals surface area contributed by atoms with Gasteiger partial charge >= 0.3 is 0 Å². The predicted molar refractivity (Wildman–Crippen MR) is 108 cm³/mol. The number of methoxy groups -OCH3 is 2. The van der Waals surface area contributed by atoms with Crippen molar-refractivity contribution in [1.82, 2.24) is 20.0 Å². The van der Waals surface area contributed by atoms with Crippen LogP contribution < -0.4 is 14.8 Å². The van der Waals surface area contributed by atoms with Crippen LogP contribution in [0.1, 0.15) is 34.5 Å². The van der Waals surface area contributed by atoms with Gasteiger partial charge in [0.25, 0.3) is 5.91 Å². The summed E-state index contributed by atoms with van der Waals surface area (Å²) in [5.41, 5.74) is 3.04. The number of hydrogen-bond donors (Lipinski definition) is 1. The highest BCUT2D eigenvalue weighted by atomic mass is 16.5. The fraction of sp³-hybridized carbons (Fsp3) is 0.524. The van der Waals surface area contributed by atoms with E-state index < -0.39 is 0 Å². The zero-order chi connectivity index (χ0) is 20.1. The fourth-order valence-electron chi connectivity index (χ4n) is 3.68. The van der Waals surface area contributed by atoms with Crippen molar-refractivity contribution in [1.29, 1.82) is 0 Å². The molecule has 1 fully saturated rings. The minimum absolute atomic E-state index is 0.0996. The van der Waals surface area contributed by atoms with Crippen molar-refractivity contribution in [2.24, 2.45) is 13.0 Å². The third-order valence-electron chi connectivity index (χ3n) is 5.50. The molecule has 7 nitrogen and oxygen atoms in total. The number of amides is 1. The van der Waals surface area contributed by atoms with E-state index in [2.05, 4.69) is 22.2 Å². The van der Waals surface area contributed by atoms with E-state index in [1.54, 1.807) is 32.4 Å². The van der Waals surface area contributed by atoms with Crippen LogP contribution >= 0.6 is 0 Å². The third kappa shape index (κ3) is 4.84. The number of nitrogens with zero attached hydrogens (tertiary/aromatic N) is 3. The second kappa shape index (κ2) is 9.10. The smallest absolute Gasteiger partial charge is 0.251 e. The monoisotopic (exact) mass is 386 g/mol. The van der Waals surface area contributed by atoms with Crippen LogP contribution in [-0.4, -0.2) is 54.4 Å². The number of nitrogens with one attached hydrogen (secondary N) is 1. The number of aryl methyl sites for hydroxylation is 1. The zero-order valence-electron chi connectivity index (χ0n) is 17.2. The van der Waals surface area contributed by atoms with Gasteiger partial charge in [-0.2, -0.15) is 5.10 Å². The van der Waals surface area contributed by atoms with Crippen LogP contribution in [-0.2, 0) is 13.6 Å². The van der Waals surface area contributed by atoms with Crippen LogP contribution in [0, 0.1) is 12.8 Å². The highest BCUT2D eigenvalue weighted by molar-refractivity contribution is 5.95. The molecule has 1 unspecified atom stereocenters. The lowest BCUT2D eigenvalue weighted by molar-refractivity contribution is 0.0930. The number of rotatable bonds is 7. The number of ether oxygens (including phenoxy) is 2. The Morgan fingerprint density at radius 2 is 1.96 bits per heavy atom. The summed E-state index contributed by atoms with van der Waals surface area (Å²) in [5, 5.41) is 7.41. The molecule has 1 saturated heterocycles. The van der Waals surface area contributed by atoms with E-state index in [1.165, 1.54) is 11.3 Å². The molecule has 1 aliphatic rings. The van der Waals surface area contributed by atoms with Gasteiger partial charge < -0.3 is 14.8 Å². The third-order valence-corrected chi connectivity index (χ3v) is 5.50. The first-order valence-corrected chi connectivity index (χ1v) is 9.71. The molecule has 2 aromatic rings. The van der Waals surface area contributed by atoms with Crippen molar-refractivity contribution >= 4 is 5.91 Å². The van der Waals surface area contributed by atoms with Gasteiger partial charge in [0.1, 0.15) is 11.5 Å². The van der Waals surface area contributed by atoms with Gasteiger partial charge in [-0.05, 0) is 44.4 Å². The molecule has 3 rings (SSSR count). The highest BCUT2D eigenvalue weighted by Gasteiger charge is 2.22. The lowest BCUT2D eigenvalue weighted by Crippen LogP contribution is -2.40. The fourth-order valence-corrected chi connectivity index (χ4v) is 3.68. The molecule has 1 N–H and O–H groups in total. The summed E-state index contributed by atoms with van der Waals surface area (Å²) in [5.74, 6) is 1.57. The summed E-state index contributed by atoms with van der Waals surface area (Å²) in [6, 6.07) is 5.22. The van der Waals surface area contributed by atoms with E-state index in [0.717, 1.165) is 32.5 Å². The van der Waals surface area contributed by atoms with Crippen LogP contribution in [0.5, 0.6) is 11.5 Å². The van der Waals surface area contributed by atoms with Gasteiger partial charge in [0.15, 0.2) is 0 Å². The molecular weight excluding hydrogens is 356 g/mol. The molecule has 0 radical (unpaired) electrons. The van der Waals surface area contributed by atoms with Crippen molar-refractivity contribution in [2.45, 2.75) is 26.3 Å². The van der Waals surface area contributed by atoms with Gasteiger partial charge in [-0.1, -0.05) is 0 Å². The Hall–Kier alpha value is -2.54. The Morgan fingerprint density at radius 3 is 2.57 bits per heavy atom. The SMILES string of the molecule is COc1cc(OC)cc(C(=O)NCC2CCCN(Cc3cnn(C)c3C)C2)c1.